The molecule has 1 aromatic heterocycles. The van der Waals surface area contributed by atoms with E-state index in [1.54, 1.807) is 6.20 Å². The number of likely N-dealkylation sites (tertiary alicyclic amines) is 1. The number of nitrogens with one attached hydrogen (secondary N) is 1. The molecule has 0 spiro atoms. The molecule has 94 valence electrons. The predicted molar refractivity (Wildman–Crippen MR) is 66.3 cm³/mol. The summed E-state index contributed by atoms with van der Waals surface area (Å²) in [5.74, 6) is 0. The molecule has 1 aliphatic rings. The van der Waals surface area contributed by atoms with Crippen LogP contribution < -0.4 is 5.32 Å². The third-order valence-electron chi connectivity index (χ3n) is 2.68. The Bertz CT molecular complexity index is 399. The van der Waals surface area contributed by atoms with E-state index in [0.717, 1.165) is 30.9 Å². The van der Waals surface area contributed by atoms with Gasteiger partial charge >= 0.3 is 6.09 Å². The van der Waals surface area contributed by atoms with E-state index in [1.165, 1.54) is 18.4 Å². The van der Waals surface area contributed by atoms with E-state index < -0.39 is 0 Å². The van der Waals surface area contributed by atoms with Gasteiger partial charge in [-0.2, -0.15) is 0 Å². The van der Waals surface area contributed by atoms with Crippen LogP contribution in [0.1, 0.15) is 11.3 Å². The summed E-state index contributed by atoms with van der Waals surface area (Å²) in [6.07, 6.45) is 2.38. The van der Waals surface area contributed by atoms with Crippen molar-refractivity contribution in [1.82, 2.24) is 15.2 Å². The minimum absolute atomic E-state index is 0.172. The first-order valence-corrected chi connectivity index (χ1v) is 6.54. The second kappa shape index (κ2) is 5.66. The lowest BCUT2D eigenvalue weighted by molar-refractivity contribution is 0.166. The molecule has 5 nitrogen and oxygen atoms in total. The number of rotatable bonds is 3. The minimum atomic E-state index is -0.363. The number of thiazole rings is 1. The highest BCUT2D eigenvalue weighted by molar-refractivity contribution is 7.15. The average Bonchev–Trinajstić information content (AvgIpc) is 2.89. The van der Waals surface area contributed by atoms with Gasteiger partial charge in [0.25, 0.3) is 0 Å². The van der Waals surface area contributed by atoms with E-state index in [9.17, 15) is 4.79 Å². The Kier molecular flexibility index (Phi) is 4.20. The summed E-state index contributed by atoms with van der Waals surface area (Å²) in [7, 11) is 1.38. The smallest absolute Gasteiger partial charge is 0.407 e. The highest BCUT2D eigenvalue weighted by atomic mass is 35.5. The van der Waals surface area contributed by atoms with Crippen molar-refractivity contribution in [3.8, 4) is 0 Å². The fourth-order valence-corrected chi connectivity index (χ4v) is 2.92. The number of hydrogen-bond donors (Lipinski definition) is 1. The molecule has 1 fully saturated rings. The Labute approximate surface area is 109 Å². The summed E-state index contributed by atoms with van der Waals surface area (Å²) >= 11 is 7.27. The molecule has 0 aromatic carbocycles. The van der Waals surface area contributed by atoms with Crippen LogP contribution in [0.4, 0.5) is 4.79 Å². The molecule has 0 aliphatic carbocycles. The van der Waals surface area contributed by atoms with Crippen molar-refractivity contribution >= 4 is 29.0 Å². The second-order valence-corrected chi connectivity index (χ2v) is 5.63. The van der Waals surface area contributed by atoms with Crippen LogP contribution in [0.15, 0.2) is 6.20 Å². The molecular weight excluding hydrogens is 262 g/mol. The van der Waals surface area contributed by atoms with Gasteiger partial charge in [0.1, 0.15) is 0 Å². The molecule has 1 unspecified atom stereocenters. The van der Waals surface area contributed by atoms with Crippen molar-refractivity contribution in [1.29, 1.82) is 0 Å². The number of alkyl carbamates (subject to hydrolysis) is 1. The van der Waals surface area contributed by atoms with Crippen LogP contribution in [0, 0.1) is 0 Å². The maximum absolute atomic E-state index is 11.1. The Morgan fingerprint density at radius 3 is 3.29 bits per heavy atom. The minimum Gasteiger partial charge on any atom is -0.453 e. The molecule has 0 saturated carbocycles. The monoisotopic (exact) mass is 275 g/mol. The number of amides is 1. The summed E-state index contributed by atoms with van der Waals surface area (Å²) < 4.78 is 5.15. The molecule has 1 aliphatic heterocycles. The standard InChI is InChI=1S/C10H14ClN3O2S/c1-16-10(15)13-7-2-3-14(5-7)6-8-4-12-9(11)17-8/h4,7H,2-3,5-6H2,1H3,(H,13,15). The number of methoxy groups -OCH3 is 1. The normalized spacial score (nSPS) is 20.5. The molecule has 1 aromatic rings. The van der Waals surface area contributed by atoms with Gasteiger partial charge in [-0.3, -0.25) is 4.90 Å². The van der Waals surface area contributed by atoms with Crippen LogP contribution in [0.5, 0.6) is 0 Å². The van der Waals surface area contributed by atoms with Crippen LogP contribution >= 0.6 is 22.9 Å². The molecule has 1 saturated heterocycles. The highest BCUT2D eigenvalue weighted by Gasteiger charge is 2.24. The zero-order valence-electron chi connectivity index (χ0n) is 9.48. The average molecular weight is 276 g/mol. The number of carbonyl (C=O) groups excluding carboxylic acids is 1. The predicted octanol–water partition coefficient (Wildman–Crippen LogP) is 1.73. The number of carbonyl (C=O) groups is 1. The lowest BCUT2D eigenvalue weighted by atomic mass is 10.3. The van der Waals surface area contributed by atoms with E-state index in [2.05, 4.69) is 19.9 Å². The number of halogens is 1. The fraction of sp³-hybridized carbons (Fsp3) is 0.600. The first-order valence-electron chi connectivity index (χ1n) is 5.34. The maximum atomic E-state index is 11.1. The quantitative estimate of drug-likeness (QED) is 0.913. The van der Waals surface area contributed by atoms with Crippen molar-refractivity contribution in [2.24, 2.45) is 0 Å². The van der Waals surface area contributed by atoms with Crippen LogP contribution in [-0.4, -0.2) is 42.2 Å². The third kappa shape index (κ3) is 3.55. The molecule has 1 amide bonds. The van der Waals surface area contributed by atoms with E-state index in [1.807, 2.05) is 0 Å². The lowest BCUT2D eigenvalue weighted by Gasteiger charge is -2.14. The van der Waals surface area contributed by atoms with Crippen LogP contribution in [0.25, 0.3) is 0 Å². The van der Waals surface area contributed by atoms with E-state index in [-0.39, 0.29) is 12.1 Å². The topological polar surface area (TPSA) is 54.5 Å². The van der Waals surface area contributed by atoms with Gasteiger partial charge in [-0.15, -0.1) is 11.3 Å². The molecule has 1 atom stereocenters. The maximum Gasteiger partial charge on any atom is 0.407 e. The summed E-state index contributed by atoms with van der Waals surface area (Å²) in [6, 6.07) is 0.172. The van der Waals surface area contributed by atoms with Gasteiger partial charge in [0, 0.05) is 36.8 Å². The molecule has 17 heavy (non-hydrogen) atoms. The van der Waals surface area contributed by atoms with E-state index in [4.69, 9.17) is 11.6 Å². The van der Waals surface area contributed by atoms with Crippen molar-refractivity contribution < 1.29 is 9.53 Å². The van der Waals surface area contributed by atoms with Crippen molar-refractivity contribution in [3.63, 3.8) is 0 Å². The number of nitrogens with zero attached hydrogens (tertiary/aromatic N) is 2. The first-order chi connectivity index (χ1) is 8.17. The molecule has 2 heterocycles. The van der Waals surface area contributed by atoms with Gasteiger partial charge in [0.15, 0.2) is 4.47 Å². The van der Waals surface area contributed by atoms with E-state index in [0.29, 0.717) is 4.47 Å². The SMILES string of the molecule is COC(=O)NC1CCN(Cc2cnc(Cl)s2)C1. The Morgan fingerprint density at radius 1 is 1.82 bits per heavy atom. The van der Waals surface area contributed by atoms with Gasteiger partial charge in [-0.25, -0.2) is 9.78 Å². The van der Waals surface area contributed by atoms with Crippen LogP contribution in [0.3, 0.4) is 0 Å². The number of hydrogen-bond acceptors (Lipinski definition) is 5. The zero-order valence-corrected chi connectivity index (χ0v) is 11.1. The molecular formula is C10H14ClN3O2S. The summed E-state index contributed by atoms with van der Waals surface area (Å²) in [5, 5.41) is 2.81. The summed E-state index contributed by atoms with van der Waals surface area (Å²) in [4.78, 5) is 18.5. The van der Waals surface area contributed by atoms with Gasteiger partial charge in [-0.1, -0.05) is 11.6 Å². The summed E-state index contributed by atoms with van der Waals surface area (Å²) in [6.45, 7) is 2.64. The molecule has 0 bridgehead atoms. The van der Waals surface area contributed by atoms with Gasteiger partial charge in [0.05, 0.1) is 7.11 Å². The Balaban J connectivity index is 1.80. The van der Waals surface area contributed by atoms with Crippen molar-refractivity contribution in [2.45, 2.75) is 19.0 Å². The molecule has 0 radical (unpaired) electrons. The second-order valence-electron chi connectivity index (χ2n) is 3.94. The molecule has 1 N–H and O–H groups in total. The van der Waals surface area contributed by atoms with Crippen molar-refractivity contribution in [3.05, 3.63) is 15.5 Å². The summed E-state index contributed by atoms with van der Waals surface area (Å²) in [5.41, 5.74) is 0. The van der Waals surface area contributed by atoms with Crippen LogP contribution in [0.2, 0.25) is 4.47 Å². The fourth-order valence-electron chi connectivity index (χ4n) is 1.90. The Morgan fingerprint density at radius 2 is 2.65 bits per heavy atom. The first kappa shape index (κ1) is 12.6. The largest absolute Gasteiger partial charge is 0.453 e. The number of ether oxygens (including phenoxy) is 1. The van der Waals surface area contributed by atoms with Gasteiger partial charge in [-0.05, 0) is 6.42 Å². The van der Waals surface area contributed by atoms with Gasteiger partial charge in [0.2, 0.25) is 0 Å². The Hall–Kier alpha value is -0.850. The van der Waals surface area contributed by atoms with Gasteiger partial charge < -0.3 is 10.1 Å². The lowest BCUT2D eigenvalue weighted by Crippen LogP contribution is -2.36. The van der Waals surface area contributed by atoms with Crippen molar-refractivity contribution in [2.75, 3.05) is 20.2 Å². The molecule has 2 rings (SSSR count). The highest BCUT2D eigenvalue weighted by Crippen LogP contribution is 2.21. The third-order valence-corrected chi connectivity index (χ3v) is 3.78. The molecule has 7 heteroatoms. The number of aromatic nitrogens is 1. The van der Waals surface area contributed by atoms with E-state index >= 15 is 0 Å². The zero-order chi connectivity index (χ0) is 12.3. The van der Waals surface area contributed by atoms with Crippen LogP contribution in [-0.2, 0) is 11.3 Å².